The van der Waals surface area contributed by atoms with Gasteiger partial charge in [-0.15, -0.1) is 24.2 Å². The number of carbonyl (C=O) groups is 1. The number of ether oxygens (including phenoxy) is 1. The summed E-state index contributed by atoms with van der Waals surface area (Å²) < 4.78 is 5.60. The molecular weight excluding hydrogens is 272 g/mol. The third-order valence-corrected chi connectivity index (χ3v) is 3.81. The number of rotatable bonds is 7. The highest BCUT2D eigenvalue weighted by molar-refractivity contribution is 7.99. The van der Waals surface area contributed by atoms with Gasteiger partial charge in [-0.1, -0.05) is 0 Å². The van der Waals surface area contributed by atoms with E-state index in [9.17, 15) is 4.79 Å². The van der Waals surface area contributed by atoms with Crippen molar-refractivity contribution in [2.45, 2.75) is 44.8 Å². The molecule has 3 N–H and O–H groups in total. The third kappa shape index (κ3) is 9.03. The smallest absolute Gasteiger partial charge is 0.229 e. The van der Waals surface area contributed by atoms with Gasteiger partial charge in [0, 0.05) is 24.9 Å². The molecule has 0 spiro atoms. The lowest BCUT2D eigenvalue weighted by Crippen LogP contribution is -2.30. The monoisotopic (exact) mass is 296 g/mol. The fourth-order valence-electron chi connectivity index (χ4n) is 1.71. The molecule has 6 heteroatoms. The zero-order valence-electron chi connectivity index (χ0n) is 11.0. The lowest BCUT2D eigenvalue weighted by atomic mass is 10.1. The van der Waals surface area contributed by atoms with Gasteiger partial charge in [0.05, 0.1) is 11.9 Å². The lowest BCUT2D eigenvalue weighted by Gasteiger charge is -2.21. The number of nitrogens with two attached hydrogens (primary N) is 1. The van der Waals surface area contributed by atoms with E-state index in [1.54, 1.807) is 11.8 Å². The van der Waals surface area contributed by atoms with E-state index in [1.807, 2.05) is 6.92 Å². The summed E-state index contributed by atoms with van der Waals surface area (Å²) in [7, 11) is 0. The summed E-state index contributed by atoms with van der Waals surface area (Å²) in [5.74, 6) is 1.56. The fourth-order valence-corrected chi connectivity index (χ4v) is 2.64. The first-order valence-corrected chi connectivity index (χ1v) is 7.55. The Hall–Kier alpha value is 0.0300. The molecule has 1 heterocycles. The molecule has 4 nitrogen and oxygen atoms in total. The molecule has 2 unspecified atom stereocenters. The van der Waals surface area contributed by atoms with Crippen LogP contribution in [0.2, 0.25) is 0 Å². The van der Waals surface area contributed by atoms with Crippen molar-refractivity contribution in [1.82, 2.24) is 5.32 Å². The van der Waals surface area contributed by atoms with Gasteiger partial charge >= 0.3 is 0 Å². The van der Waals surface area contributed by atoms with E-state index in [1.165, 1.54) is 12.8 Å². The molecule has 0 aromatic carbocycles. The molecule has 18 heavy (non-hydrogen) atoms. The second-order valence-electron chi connectivity index (χ2n) is 4.62. The second kappa shape index (κ2) is 10.9. The van der Waals surface area contributed by atoms with Crippen LogP contribution in [0.25, 0.3) is 0 Å². The Bertz CT molecular complexity index is 224. The molecule has 0 aromatic rings. The van der Waals surface area contributed by atoms with Crippen molar-refractivity contribution in [2.75, 3.05) is 24.7 Å². The number of hydrogen-bond acceptors (Lipinski definition) is 4. The van der Waals surface area contributed by atoms with Gasteiger partial charge in [0.2, 0.25) is 5.91 Å². The molecule has 0 bridgehead atoms. The highest BCUT2D eigenvalue weighted by atomic mass is 35.5. The van der Waals surface area contributed by atoms with Crippen molar-refractivity contribution in [3.8, 4) is 0 Å². The van der Waals surface area contributed by atoms with E-state index in [2.05, 4.69) is 5.32 Å². The van der Waals surface area contributed by atoms with Crippen LogP contribution in [0.1, 0.15) is 32.6 Å². The molecule has 2 atom stereocenters. The lowest BCUT2D eigenvalue weighted by molar-refractivity contribution is -0.118. The Morgan fingerprint density at radius 2 is 2.33 bits per heavy atom. The first-order valence-electron chi connectivity index (χ1n) is 6.40. The molecule has 0 saturated carbocycles. The number of hydrogen-bond donors (Lipinski definition) is 2. The Morgan fingerprint density at radius 3 is 2.94 bits per heavy atom. The quantitative estimate of drug-likeness (QED) is 0.748. The van der Waals surface area contributed by atoms with Crippen molar-refractivity contribution in [3.63, 3.8) is 0 Å². The van der Waals surface area contributed by atoms with E-state index < -0.39 is 0 Å². The Morgan fingerprint density at radius 1 is 1.56 bits per heavy atom. The molecule has 1 saturated heterocycles. The molecular formula is C12H25ClN2O2S. The minimum atomic E-state index is 0. The van der Waals surface area contributed by atoms with Gasteiger partial charge in [0.25, 0.3) is 0 Å². The van der Waals surface area contributed by atoms with Gasteiger partial charge < -0.3 is 15.8 Å². The van der Waals surface area contributed by atoms with E-state index in [4.69, 9.17) is 10.5 Å². The standard InChI is InChI=1S/C12H24N2O2S.ClH/c1-10(13)5-6-14-12(15)9-17-8-11-4-2-3-7-16-11;/h10-11H,2-9,13H2,1H3,(H,14,15);1H. The Labute approximate surface area is 120 Å². The van der Waals surface area contributed by atoms with Crippen LogP contribution in [-0.2, 0) is 9.53 Å². The average molecular weight is 297 g/mol. The number of nitrogens with one attached hydrogen (secondary N) is 1. The van der Waals surface area contributed by atoms with Crippen LogP contribution in [0, 0.1) is 0 Å². The van der Waals surface area contributed by atoms with Gasteiger partial charge in [-0.05, 0) is 32.6 Å². The summed E-state index contributed by atoms with van der Waals surface area (Å²) in [6, 6.07) is 0.151. The summed E-state index contributed by atoms with van der Waals surface area (Å²) in [5, 5.41) is 2.87. The SMILES string of the molecule is CC(N)CCNC(=O)CSCC1CCCCO1.Cl. The van der Waals surface area contributed by atoms with Crippen LogP contribution < -0.4 is 11.1 Å². The minimum Gasteiger partial charge on any atom is -0.377 e. The summed E-state index contributed by atoms with van der Waals surface area (Å²) in [5.41, 5.74) is 5.60. The van der Waals surface area contributed by atoms with Crippen LogP contribution in [0.3, 0.4) is 0 Å². The summed E-state index contributed by atoms with van der Waals surface area (Å²) in [4.78, 5) is 11.5. The second-order valence-corrected chi connectivity index (χ2v) is 5.65. The van der Waals surface area contributed by atoms with Crippen LogP contribution in [-0.4, -0.2) is 42.7 Å². The molecule has 108 valence electrons. The van der Waals surface area contributed by atoms with Gasteiger partial charge in [0.15, 0.2) is 0 Å². The molecule has 1 aliphatic heterocycles. The molecule has 1 amide bonds. The van der Waals surface area contributed by atoms with Gasteiger partial charge in [0.1, 0.15) is 0 Å². The van der Waals surface area contributed by atoms with Crippen LogP contribution in [0.4, 0.5) is 0 Å². The van der Waals surface area contributed by atoms with E-state index in [-0.39, 0.29) is 24.4 Å². The number of halogens is 1. The van der Waals surface area contributed by atoms with Gasteiger partial charge in [-0.3, -0.25) is 4.79 Å². The summed E-state index contributed by atoms with van der Waals surface area (Å²) >= 11 is 1.66. The average Bonchev–Trinajstić information content (AvgIpc) is 2.30. The molecule has 0 aromatic heterocycles. The number of carbonyl (C=O) groups excluding carboxylic acids is 1. The van der Waals surface area contributed by atoms with E-state index in [0.717, 1.165) is 25.2 Å². The van der Waals surface area contributed by atoms with Gasteiger partial charge in [-0.25, -0.2) is 0 Å². The maximum Gasteiger partial charge on any atom is 0.229 e. The maximum absolute atomic E-state index is 11.5. The first-order chi connectivity index (χ1) is 8.18. The fraction of sp³-hybridized carbons (Fsp3) is 0.917. The minimum absolute atomic E-state index is 0. The van der Waals surface area contributed by atoms with Crippen LogP contribution >= 0.6 is 24.2 Å². The normalized spacial score (nSPS) is 20.9. The van der Waals surface area contributed by atoms with Gasteiger partial charge in [-0.2, -0.15) is 0 Å². The molecule has 1 aliphatic rings. The summed E-state index contributed by atoms with van der Waals surface area (Å²) in [6.45, 7) is 3.50. The summed E-state index contributed by atoms with van der Waals surface area (Å²) in [6.07, 6.45) is 4.76. The molecule has 0 radical (unpaired) electrons. The van der Waals surface area contributed by atoms with E-state index >= 15 is 0 Å². The van der Waals surface area contributed by atoms with Crippen LogP contribution in [0.15, 0.2) is 0 Å². The predicted octanol–water partition coefficient (Wildman–Crippen LogP) is 1.56. The topological polar surface area (TPSA) is 64.3 Å². The van der Waals surface area contributed by atoms with E-state index in [0.29, 0.717) is 18.4 Å². The number of amides is 1. The highest BCUT2D eigenvalue weighted by Crippen LogP contribution is 2.16. The van der Waals surface area contributed by atoms with Crippen molar-refractivity contribution < 1.29 is 9.53 Å². The zero-order valence-corrected chi connectivity index (χ0v) is 12.7. The van der Waals surface area contributed by atoms with Crippen molar-refractivity contribution in [3.05, 3.63) is 0 Å². The highest BCUT2D eigenvalue weighted by Gasteiger charge is 2.14. The molecule has 1 rings (SSSR count). The predicted molar refractivity (Wildman–Crippen MR) is 79.4 cm³/mol. The Kier molecular flexibility index (Phi) is 10.9. The Balaban J connectivity index is 0.00000289. The van der Waals surface area contributed by atoms with Crippen molar-refractivity contribution in [2.24, 2.45) is 5.73 Å². The molecule has 0 aliphatic carbocycles. The molecule has 1 fully saturated rings. The van der Waals surface area contributed by atoms with Crippen LogP contribution in [0.5, 0.6) is 0 Å². The number of thioether (sulfide) groups is 1. The van der Waals surface area contributed by atoms with Crippen molar-refractivity contribution >= 4 is 30.1 Å². The van der Waals surface area contributed by atoms with Crippen molar-refractivity contribution in [1.29, 1.82) is 0 Å². The maximum atomic E-state index is 11.5. The first kappa shape index (κ1) is 18.0. The third-order valence-electron chi connectivity index (χ3n) is 2.73. The largest absolute Gasteiger partial charge is 0.377 e. The zero-order chi connectivity index (χ0) is 12.5.